The normalized spacial score (nSPS) is 20.5. The van der Waals surface area contributed by atoms with Crippen LogP contribution >= 0.6 is 0 Å². The predicted octanol–water partition coefficient (Wildman–Crippen LogP) is 2.32. The number of aliphatic hydroxyl groups excluding tert-OH is 1. The van der Waals surface area contributed by atoms with E-state index in [9.17, 15) is 14.3 Å². The summed E-state index contributed by atoms with van der Waals surface area (Å²) in [7, 11) is 0. The quantitative estimate of drug-likeness (QED) is 0.892. The highest BCUT2D eigenvalue weighted by Crippen LogP contribution is 2.28. The number of halogens is 1. The van der Waals surface area contributed by atoms with Gasteiger partial charge >= 0.3 is 6.03 Å². The van der Waals surface area contributed by atoms with Crippen molar-refractivity contribution in [2.24, 2.45) is 5.41 Å². The summed E-state index contributed by atoms with van der Waals surface area (Å²) in [5.41, 5.74) is 1.26. The smallest absolute Gasteiger partial charge is 0.317 e. The number of hydrogen-bond donors (Lipinski definition) is 2. The van der Waals surface area contributed by atoms with E-state index in [0.717, 1.165) is 24.2 Å². The summed E-state index contributed by atoms with van der Waals surface area (Å²) in [5, 5.41) is 16.8. The zero-order chi connectivity index (χ0) is 17.9. The topological polar surface area (TPSA) is 70.4 Å². The van der Waals surface area contributed by atoms with Gasteiger partial charge in [0, 0.05) is 24.7 Å². The van der Waals surface area contributed by atoms with Crippen molar-refractivity contribution >= 4 is 6.03 Å². The second kappa shape index (κ2) is 7.23. The Morgan fingerprint density at radius 2 is 2.12 bits per heavy atom. The SMILES string of the molecule is CC1(CO)CCCN(C(=O)NCc2ccn(-c3ccc(F)cc3)n2)C1. The number of benzene rings is 1. The molecule has 1 aliphatic rings. The Balaban J connectivity index is 1.57. The number of nitrogens with one attached hydrogen (secondary N) is 1. The molecule has 0 radical (unpaired) electrons. The first kappa shape index (κ1) is 17.4. The first-order valence-corrected chi connectivity index (χ1v) is 8.43. The van der Waals surface area contributed by atoms with Crippen LogP contribution in [0.2, 0.25) is 0 Å². The number of carbonyl (C=O) groups is 1. The van der Waals surface area contributed by atoms with Gasteiger partial charge in [-0.05, 0) is 43.2 Å². The summed E-state index contributed by atoms with van der Waals surface area (Å²) in [6.45, 7) is 3.65. The van der Waals surface area contributed by atoms with Crippen molar-refractivity contribution in [1.82, 2.24) is 20.0 Å². The Hall–Kier alpha value is -2.41. The minimum Gasteiger partial charge on any atom is -0.396 e. The molecule has 6 nitrogen and oxygen atoms in total. The highest BCUT2D eigenvalue weighted by Gasteiger charge is 2.32. The standard InChI is InChI=1S/C18H23FN4O2/c1-18(13-24)8-2-9-22(12-18)17(25)20-11-15-7-10-23(21-15)16-5-3-14(19)4-6-16/h3-7,10,24H,2,8-9,11-13H2,1H3,(H,20,25). The van der Waals surface area contributed by atoms with Crippen LogP contribution in [0.25, 0.3) is 5.69 Å². The lowest BCUT2D eigenvalue weighted by Gasteiger charge is -2.39. The first-order valence-electron chi connectivity index (χ1n) is 8.43. The molecular formula is C18H23FN4O2. The zero-order valence-electron chi connectivity index (χ0n) is 14.3. The Morgan fingerprint density at radius 1 is 1.36 bits per heavy atom. The maximum Gasteiger partial charge on any atom is 0.317 e. The highest BCUT2D eigenvalue weighted by molar-refractivity contribution is 5.74. The number of hydrogen-bond acceptors (Lipinski definition) is 3. The molecule has 1 fully saturated rings. The molecule has 134 valence electrons. The molecule has 0 aliphatic carbocycles. The van der Waals surface area contributed by atoms with E-state index in [1.165, 1.54) is 12.1 Å². The van der Waals surface area contributed by atoms with Crippen LogP contribution in [-0.2, 0) is 6.54 Å². The van der Waals surface area contributed by atoms with Gasteiger partial charge in [0.15, 0.2) is 0 Å². The second-order valence-electron chi connectivity index (χ2n) is 6.88. The van der Waals surface area contributed by atoms with Crippen LogP contribution in [0, 0.1) is 11.2 Å². The van der Waals surface area contributed by atoms with Gasteiger partial charge < -0.3 is 15.3 Å². The molecule has 1 atom stereocenters. The number of amides is 2. The molecule has 1 unspecified atom stereocenters. The molecule has 0 saturated carbocycles. The highest BCUT2D eigenvalue weighted by atomic mass is 19.1. The Kier molecular flexibility index (Phi) is 5.03. The number of aliphatic hydroxyl groups is 1. The lowest BCUT2D eigenvalue weighted by molar-refractivity contribution is 0.0614. The summed E-state index contributed by atoms with van der Waals surface area (Å²) in [6.07, 6.45) is 3.59. The third kappa shape index (κ3) is 4.17. The largest absolute Gasteiger partial charge is 0.396 e. The van der Waals surface area contributed by atoms with E-state index in [0.29, 0.717) is 19.6 Å². The van der Waals surface area contributed by atoms with E-state index in [-0.39, 0.29) is 23.9 Å². The van der Waals surface area contributed by atoms with Crippen LogP contribution in [0.15, 0.2) is 36.5 Å². The summed E-state index contributed by atoms with van der Waals surface area (Å²) >= 11 is 0. The number of nitrogens with zero attached hydrogens (tertiary/aromatic N) is 3. The van der Waals surface area contributed by atoms with Crippen LogP contribution in [0.5, 0.6) is 0 Å². The number of aromatic nitrogens is 2. The fraction of sp³-hybridized carbons (Fsp3) is 0.444. The zero-order valence-corrected chi connectivity index (χ0v) is 14.3. The number of piperidine rings is 1. The lowest BCUT2D eigenvalue weighted by Crippen LogP contribution is -2.49. The van der Waals surface area contributed by atoms with Crippen molar-refractivity contribution in [3.8, 4) is 5.69 Å². The van der Waals surface area contributed by atoms with Gasteiger partial charge in [0.2, 0.25) is 0 Å². The molecule has 1 aliphatic heterocycles. The number of urea groups is 1. The molecule has 1 saturated heterocycles. The van der Waals surface area contributed by atoms with E-state index in [1.807, 2.05) is 13.0 Å². The van der Waals surface area contributed by atoms with E-state index in [1.54, 1.807) is 27.9 Å². The summed E-state index contributed by atoms with van der Waals surface area (Å²) < 4.78 is 14.6. The molecule has 0 spiro atoms. The fourth-order valence-corrected chi connectivity index (χ4v) is 3.09. The van der Waals surface area contributed by atoms with Gasteiger partial charge in [-0.15, -0.1) is 0 Å². The maximum absolute atomic E-state index is 13.0. The number of carbonyl (C=O) groups excluding carboxylic acids is 1. The summed E-state index contributed by atoms with van der Waals surface area (Å²) in [5.74, 6) is -0.292. The average Bonchev–Trinajstić information content (AvgIpc) is 3.09. The summed E-state index contributed by atoms with van der Waals surface area (Å²) in [4.78, 5) is 14.1. The Bertz CT molecular complexity index is 731. The summed E-state index contributed by atoms with van der Waals surface area (Å²) in [6, 6.07) is 7.73. The molecule has 2 amide bonds. The molecule has 0 bridgehead atoms. The molecule has 2 N–H and O–H groups in total. The van der Waals surface area contributed by atoms with Gasteiger partial charge in [-0.3, -0.25) is 0 Å². The van der Waals surface area contributed by atoms with Crippen LogP contribution in [0.4, 0.5) is 9.18 Å². The lowest BCUT2D eigenvalue weighted by atomic mass is 9.83. The molecule has 1 aromatic heterocycles. The molecule has 3 rings (SSSR count). The minimum absolute atomic E-state index is 0.0822. The molecule has 7 heteroatoms. The van der Waals surface area contributed by atoms with Gasteiger partial charge in [-0.1, -0.05) is 6.92 Å². The molecule has 2 heterocycles. The van der Waals surface area contributed by atoms with E-state index < -0.39 is 0 Å². The second-order valence-corrected chi connectivity index (χ2v) is 6.88. The molecular weight excluding hydrogens is 323 g/mol. The van der Waals surface area contributed by atoms with E-state index in [2.05, 4.69) is 10.4 Å². The number of rotatable bonds is 4. The van der Waals surface area contributed by atoms with Crippen molar-refractivity contribution < 1.29 is 14.3 Å². The third-order valence-electron chi connectivity index (χ3n) is 4.61. The molecule has 1 aromatic carbocycles. The Morgan fingerprint density at radius 3 is 2.84 bits per heavy atom. The number of likely N-dealkylation sites (tertiary alicyclic amines) is 1. The minimum atomic E-state index is -0.292. The molecule has 2 aromatic rings. The monoisotopic (exact) mass is 346 g/mol. The van der Waals surface area contributed by atoms with E-state index in [4.69, 9.17) is 0 Å². The van der Waals surface area contributed by atoms with Crippen LogP contribution < -0.4 is 5.32 Å². The third-order valence-corrected chi connectivity index (χ3v) is 4.61. The van der Waals surface area contributed by atoms with Crippen LogP contribution in [0.1, 0.15) is 25.5 Å². The van der Waals surface area contributed by atoms with Crippen molar-refractivity contribution in [2.75, 3.05) is 19.7 Å². The van der Waals surface area contributed by atoms with Gasteiger partial charge in [-0.25, -0.2) is 13.9 Å². The van der Waals surface area contributed by atoms with Gasteiger partial charge in [0.1, 0.15) is 5.82 Å². The fourth-order valence-electron chi connectivity index (χ4n) is 3.09. The average molecular weight is 346 g/mol. The van der Waals surface area contributed by atoms with Gasteiger partial charge in [0.05, 0.1) is 24.5 Å². The maximum atomic E-state index is 13.0. The first-order chi connectivity index (χ1) is 12.0. The Labute approximate surface area is 146 Å². The predicted molar refractivity (Wildman–Crippen MR) is 91.8 cm³/mol. The van der Waals surface area contributed by atoms with Crippen molar-refractivity contribution in [3.63, 3.8) is 0 Å². The van der Waals surface area contributed by atoms with Crippen molar-refractivity contribution in [2.45, 2.75) is 26.3 Å². The van der Waals surface area contributed by atoms with Gasteiger partial charge in [0.25, 0.3) is 0 Å². The van der Waals surface area contributed by atoms with E-state index >= 15 is 0 Å². The molecule has 25 heavy (non-hydrogen) atoms. The van der Waals surface area contributed by atoms with Crippen LogP contribution in [-0.4, -0.2) is 45.5 Å². The van der Waals surface area contributed by atoms with Crippen LogP contribution in [0.3, 0.4) is 0 Å². The van der Waals surface area contributed by atoms with Crippen molar-refractivity contribution in [1.29, 1.82) is 0 Å². The van der Waals surface area contributed by atoms with Crippen molar-refractivity contribution in [3.05, 3.63) is 48.0 Å². The van der Waals surface area contributed by atoms with Gasteiger partial charge in [-0.2, -0.15) is 5.10 Å².